The SMILES string of the molecule is C#CC(C)(CCCc1cccc(Oc2ccc(C)cc2)c1)c1ccc(OC)c(Cl)c1. The van der Waals surface area contributed by atoms with Crippen LogP contribution in [0.2, 0.25) is 5.02 Å². The highest BCUT2D eigenvalue weighted by molar-refractivity contribution is 6.32. The van der Waals surface area contributed by atoms with Gasteiger partial charge in [-0.1, -0.05) is 53.4 Å². The molecule has 0 saturated carbocycles. The lowest BCUT2D eigenvalue weighted by Crippen LogP contribution is -2.19. The van der Waals surface area contributed by atoms with E-state index >= 15 is 0 Å². The number of halogens is 1. The second-order valence-electron chi connectivity index (χ2n) is 7.74. The van der Waals surface area contributed by atoms with Crippen LogP contribution in [0.1, 0.15) is 36.5 Å². The first kappa shape index (κ1) is 21.8. The first-order valence-corrected chi connectivity index (χ1v) is 10.5. The van der Waals surface area contributed by atoms with Crippen molar-refractivity contribution in [2.24, 2.45) is 0 Å². The van der Waals surface area contributed by atoms with E-state index in [0.717, 1.165) is 36.3 Å². The zero-order chi connectivity index (χ0) is 21.6. The van der Waals surface area contributed by atoms with E-state index in [2.05, 4.69) is 31.9 Å². The summed E-state index contributed by atoms with van der Waals surface area (Å²) < 4.78 is 11.2. The van der Waals surface area contributed by atoms with Gasteiger partial charge in [-0.2, -0.15) is 0 Å². The van der Waals surface area contributed by atoms with Gasteiger partial charge in [0.1, 0.15) is 17.2 Å². The molecule has 0 saturated heterocycles. The molecule has 0 amide bonds. The third-order valence-electron chi connectivity index (χ3n) is 5.40. The molecular weight excluding hydrogens is 392 g/mol. The Kier molecular flexibility index (Phi) is 7.08. The molecule has 0 aliphatic carbocycles. The highest BCUT2D eigenvalue weighted by atomic mass is 35.5. The molecule has 0 aromatic heterocycles. The van der Waals surface area contributed by atoms with E-state index in [9.17, 15) is 0 Å². The molecule has 1 atom stereocenters. The summed E-state index contributed by atoms with van der Waals surface area (Å²) in [5, 5.41) is 0.581. The number of methoxy groups -OCH3 is 1. The lowest BCUT2D eigenvalue weighted by atomic mass is 9.78. The maximum absolute atomic E-state index is 6.31. The molecule has 3 aromatic rings. The van der Waals surface area contributed by atoms with Crippen molar-refractivity contribution in [3.63, 3.8) is 0 Å². The Labute approximate surface area is 184 Å². The summed E-state index contributed by atoms with van der Waals surface area (Å²) in [6, 6.07) is 22.1. The van der Waals surface area contributed by atoms with E-state index in [-0.39, 0.29) is 5.41 Å². The Morgan fingerprint density at radius 1 is 1.00 bits per heavy atom. The fraction of sp³-hybridized carbons (Fsp3) is 0.259. The summed E-state index contributed by atoms with van der Waals surface area (Å²) in [5.41, 5.74) is 3.09. The quantitative estimate of drug-likeness (QED) is 0.355. The topological polar surface area (TPSA) is 18.5 Å². The second-order valence-corrected chi connectivity index (χ2v) is 8.15. The third-order valence-corrected chi connectivity index (χ3v) is 5.70. The Bertz CT molecular complexity index is 1030. The van der Waals surface area contributed by atoms with Gasteiger partial charge in [0.2, 0.25) is 0 Å². The summed E-state index contributed by atoms with van der Waals surface area (Å²) in [5.74, 6) is 5.31. The molecule has 0 aliphatic rings. The molecule has 0 bridgehead atoms. The van der Waals surface area contributed by atoms with Crippen LogP contribution in [0.3, 0.4) is 0 Å². The fourth-order valence-corrected chi connectivity index (χ4v) is 3.72. The number of benzene rings is 3. The third kappa shape index (κ3) is 5.38. The minimum Gasteiger partial charge on any atom is -0.495 e. The smallest absolute Gasteiger partial charge is 0.137 e. The van der Waals surface area contributed by atoms with Crippen molar-refractivity contribution >= 4 is 11.6 Å². The molecule has 0 spiro atoms. The van der Waals surface area contributed by atoms with E-state index in [4.69, 9.17) is 27.5 Å². The Morgan fingerprint density at radius 3 is 2.43 bits per heavy atom. The average Bonchev–Trinajstić information content (AvgIpc) is 2.75. The van der Waals surface area contributed by atoms with Gasteiger partial charge in [-0.3, -0.25) is 0 Å². The maximum Gasteiger partial charge on any atom is 0.137 e. The van der Waals surface area contributed by atoms with Crippen LogP contribution in [-0.4, -0.2) is 7.11 Å². The zero-order valence-corrected chi connectivity index (χ0v) is 18.5. The van der Waals surface area contributed by atoms with E-state index in [1.54, 1.807) is 7.11 Å². The van der Waals surface area contributed by atoms with Crippen LogP contribution in [0.5, 0.6) is 17.2 Å². The van der Waals surface area contributed by atoms with Gasteiger partial charge in [0.25, 0.3) is 0 Å². The number of aryl methyl sites for hydroxylation is 2. The molecule has 0 aliphatic heterocycles. The van der Waals surface area contributed by atoms with Crippen LogP contribution in [-0.2, 0) is 11.8 Å². The molecule has 3 aromatic carbocycles. The van der Waals surface area contributed by atoms with Crippen molar-refractivity contribution in [3.05, 3.63) is 88.4 Å². The number of rotatable bonds is 8. The monoisotopic (exact) mass is 418 g/mol. The first-order valence-electron chi connectivity index (χ1n) is 10.1. The fourth-order valence-electron chi connectivity index (χ4n) is 3.46. The molecule has 30 heavy (non-hydrogen) atoms. The van der Waals surface area contributed by atoms with Gasteiger partial charge in [0.15, 0.2) is 0 Å². The van der Waals surface area contributed by atoms with Gasteiger partial charge in [-0.25, -0.2) is 0 Å². The molecule has 1 unspecified atom stereocenters. The summed E-state index contributed by atoms with van der Waals surface area (Å²) in [7, 11) is 1.61. The van der Waals surface area contributed by atoms with Crippen LogP contribution >= 0.6 is 11.6 Å². The average molecular weight is 419 g/mol. The summed E-state index contributed by atoms with van der Waals surface area (Å²) in [4.78, 5) is 0. The molecule has 0 N–H and O–H groups in total. The van der Waals surface area contributed by atoms with Crippen molar-refractivity contribution < 1.29 is 9.47 Å². The highest BCUT2D eigenvalue weighted by Crippen LogP contribution is 2.34. The van der Waals surface area contributed by atoms with Crippen molar-refractivity contribution in [2.45, 2.75) is 38.5 Å². The van der Waals surface area contributed by atoms with E-state index in [0.29, 0.717) is 10.8 Å². The van der Waals surface area contributed by atoms with Gasteiger partial charge in [-0.15, -0.1) is 6.42 Å². The normalized spacial score (nSPS) is 12.6. The second kappa shape index (κ2) is 9.74. The number of terminal acetylenes is 1. The van der Waals surface area contributed by atoms with Crippen LogP contribution in [0.15, 0.2) is 66.7 Å². The van der Waals surface area contributed by atoms with Crippen LogP contribution in [0.4, 0.5) is 0 Å². The molecule has 0 fully saturated rings. The van der Waals surface area contributed by atoms with Gasteiger partial charge < -0.3 is 9.47 Å². The van der Waals surface area contributed by atoms with Gasteiger partial charge in [0, 0.05) is 0 Å². The molecular formula is C27H27ClO2. The zero-order valence-electron chi connectivity index (χ0n) is 17.7. The van der Waals surface area contributed by atoms with Gasteiger partial charge >= 0.3 is 0 Å². The van der Waals surface area contributed by atoms with Gasteiger partial charge in [0.05, 0.1) is 17.5 Å². The molecule has 3 rings (SSSR count). The van der Waals surface area contributed by atoms with Crippen LogP contribution in [0, 0.1) is 19.3 Å². The predicted molar refractivity (Wildman–Crippen MR) is 125 cm³/mol. The van der Waals surface area contributed by atoms with Crippen molar-refractivity contribution in [1.82, 2.24) is 0 Å². The van der Waals surface area contributed by atoms with Crippen LogP contribution < -0.4 is 9.47 Å². The lowest BCUT2D eigenvalue weighted by molar-refractivity contribution is 0.414. The molecule has 0 heterocycles. The van der Waals surface area contributed by atoms with E-state index < -0.39 is 0 Å². The maximum atomic E-state index is 6.31. The van der Waals surface area contributed by atoms with Gasteiger partial charge in [-0.05, 0) is 80.6 Å². The molecule has 3 heteroatoms. The largest absolute Gasteiger partial charge is 0.495 e. The Hall–Kier alpha value is -2.89. The minimum atomic E-state index is -0.383. The number of hydrogen-bond acceptors (Lipinski definition) is 2. The molecule has 2 nitrogen and oxygen atoms in total. The van der Waals surface area contributed by atoms with E-state index in [1.165, 1.54) is 11.1 Å². The number of hydrogen-bond donors (Lipinski definition) is 0. The van der Waals surface area contributed by atoms with Crippen LogP contribution in [0.25, 0.3) is 0 Å². The summed E-state index contributed by atoms with van der Waals surface area (Å²) in [6.07, 6.45) is 8.65. The highest BCUT2D eigenvalue weighted by Gasteiger charge is 2.24. The van der Waals surface area contributed by atoms with Crippen molar-refractivity contribution in [2.75, 3.05) is 7.11 Å². The molecule has 0 radical (unpaired) electrons. The Balaban J connectivity index is 1.64. The standard InChI is InChI=1S/C27H27ClO2/c1-5-27(3,22-13-16-26(29-4)25(28)19-22)17-7-9-21-8-6-10-24(18-21)30-23-14-11-20(2)12-15-23/h1,6,8,10-16,18-19H,7,9,17H2,2-4H3. The predicted octanol–water partition coefficient (Wildman–Crippen LogP) is 7.36. The minimum absolute atomic E-state index is 0.383. The Morgan fingerprint density at radius 2 is 1.77 bits per heavy atom. The van der Waals surface area contributed by atoms with E-state index in [1.807, 2.05) is 54.6 Å². The van der Waals surface area contributed by atoms with Crippen molar-refractivity contribution in [1.29, 1.82) is 0 Å². The first-order chi connectivity index (χ1) is 14.4. The number of ether oxygens (including phenoxy) is 2. The lowest BCUT2D eigenvalue weighted by Gasteiger charge is -2.25. The summed E-state index contributed by atoms with van der Waals surface area (Å²) in [6.45, 7) is 4.15. The molecule has 154 valence electrons. The van der Waals surface area contributed by atoms with Crippen molar-refractivity contribution in [3.8, 4) is 29.6 Å². The summed E-state index contributed by atoms with van der Waals surface area (Å²) >= 11 is 6.31.